The van der Waals surface area contributed by atoms with Crippen molar-refractivity contribution in [3.8, 4) is 0 Å². The molecule has 1 aromatic carbocycles. The van der Waals surface area contributed by atoms with Gasteiger partial charge in [-0.3, -0.25) is 14.4 Å². The minimum Gasteiger partial charge on any atom is -0.345 e. The number of aromatic nitrogens is 2. The summed E-state index contributed by atoms with van der Waals surface area (Å²) in [6, 6.07) is 4.88. The van der Waals surface area contributed by atoms with Gasteiger partial charge >= 0.3 is 11.1 Å². The zero-order valence-corrected chi connectivity index (χ0v) is 15.7. The number of H-pyrrole nitrogens is 1. The Kier molecular flexibility index (Phi) is 6.56. The van der Waals surface area contributed by atoms with Crippen LogP contribution in [0.4, 0.5) is 0 Å². The van der Waals surface area contributed by atoms with Crippen LogP contribution in [0.15, 0.2) is 27.8 Å². The van der Waals surface area contributed by atoms with Crippen LogP contribution in [0.5, 0.6) is 0 Å². The van der Waals surface area contributed by atoms with Crippen LogP contribution >= 0.6 is 12.4 Å². The highest BCUT2D eigenvalue weighted by Crippen LogP contribution is 2.17. The second-order valence-electron chi connectivity index (χ2n) is 6.47. The number of hydrogen-bond donors (Lipinski definition) is 3. The van der Waals surface area contributed by atoms with E-state index in [1.54, 1.807) is 25.1 Å². The van der Waals surface area contributed by atoms with Crippen LogP contribution in [-0.2, 0) is 6.54 Å². The number of aromatic amines is 1. The van der Waals surface area contributed by atoms with E-state index in [4.69, 9.17) is 5.73 Å². The Bertz CT molecular complexity index is 888. The van der Waals surface area contributed by atoms with E-state index in [2.05, 4.69) is 10.3 Å². The van der Waals surface area contributed by atoms with Crippen molar-refractivity contribution < 1.29 is 4.79 Å². The lowest BCUT2D eigenvalue weighted by molar-refractivity contribution is 0.0883. The van der Waals surface area contributed by atoms with E-state index < -0.39 is 16.7 Å². The Morgan fingerprint density at radius 2 is 2.00 bits per heavy atom. The van der Waals surface area contributed by atoms with Gasteiger partial charge in [0, 0.05) is 18.7 Å². The molecule has 1 atom stereocenters. The van der Waals surface area contributed by atoms with Crippen molar-refractivity contribution in [3.63, 3.8) is 0 Å². The topological polar surface area (TPSA) is 110 Å². The van der Waals surface area contributed by atoms with Gasteiger partial charge in [-0.15, -0.1) is 12.4 Å². The number of nitrogens with zero attached hydrogens (tertiary/aromatic N) is 1. The standard InChI is InChI=1S/C17H24N4O3.ClH/c1-5-21-13-7-6-11(8-12(13)19-15(23)16(21)24)14(22)20-17(4,9-18)10(2)3;/h6-8,10H,5,9,18H2,1-4H3,(H,19,23)(H,20,22);1H. The maximum Gasteiger partial charge on any atom is 0.316 e. The van der Waals surface area contributed by atoms with Crippen LogP contribution in [0.3, 0.4) is 0 Å². The van der Waals surface area contributed by atoms with Crippen molar-refractivity contribution in [2.24, 2.45) is 11.7 Å². The number of halogens is 1. The lowest BCUT2D eigenvalue weighted by atomic mass is 9.88. The number of hydrogen-bond acceptors (Lipinski definition) is 4. The maximum atomic E-state index is 12.5. The van der Waals surface area contributed by atoms with E-state index in [9.17, 15) is 14.4 Å². The monoisotopic (exact) mass is 368 g/mol. The van der Waals surface area contributed by atoms with Crippen molar-refractivity contribution in [2.75, 3.05) is 6.54 Å². The predicted molar refractivity (Wildman–Crippen MR) is 102 cm³/mol. The highest BCUT2D eigenvalue weighted by atomic mass is 35.5. The maximum absolute atomic E-state index is 12.5. The molecule has 25 heavy (non-hydrogen) atoms. The van der Waals surface area contributed by atoms with Gasteiger partial charge in [0.2, 0.25) is 0 Å². The fourth-order valence-electron chi connectivity index (χ4n) is 2.50. The Labute approximate surface area is 152 Å². The highest BCUT2D eigenvalue weighted by molar-refractivity contribution is 5.97. The second kappa shape index (κ2) is 7.84. The lowest BCUT2D eigenvalue weighted by Crippen LogP contribution is -2.55. The summed E-state index contributed by atoms with van der Waals surface area (Å²) in [4.78, 5) is 38.7. The number of carbonyl (C=O) groups is 1. The molecule has 0 saturated heterocycles. The van der Waals surface area contributed by atoms with Crippen molar-refractivity contribution in [1.29, 1.82) is 0 Å². The van der Waals surface area contributed by atoms with Crippen LogP contribution in [0.2, 0.25) is 0 Å². The fraction of sp³-hybridized carbons (Fsp3) is 0.471. The molecule has 0 fully saturated rings. The molecule has 0 bridgehead atoms. The summed E-state index contributed by atoms with van der Waals surface area (Å²) in [6.07, 6.45) is 0. The molecule has 1 amide bonds. The van der Waals surface area contributed by atoms with E-state index in [1.165, 1.54) is 4.57 Å². The molecule has 2 rings (SSSR count). The summed E-state index contributed by atoms with van der Waals surface area (Å²) in [6.45, 7) is 8.36. The molecule has 0 aliphatic carbocycles. The van der Waals surface area contributed by atoms with Gasteiger partial charge in [0.1, 0.15) is 0 Å². The van der Waals surface area contributed by atoms with Gasteiger partial charge < -0.3 is 20.6 Å². The number of amides is 1. The molecule has 1 heterocycles. The summed E-state index contributed by atoms with van der Waals surface area (Å²) in [5, 5.41) is 2.95. The molecule has 1 unspecified atom stereocenters. The SMILES string of the molecule is CCn1c(=O)c(=O)[nH]c2cc(C(=O)NC(C)(CN)C(C)C)ccc21.Cl. The Balaban J connectivity index is 0.00000312. The molecule has 8 heteroatoms. The van der Waals surface area contributed by atoms with Crippen LogP contribution in [0, 0.1) is 5.92 Å². The summed E-state index contributed by atoms with van der Waals surface area (Å²) in [7, 11) is 0. The summed E-state index contributed by atoms with van der Waals surface area (Å²) >= 11 is 0. The molecule has 0 aliphatic heterocycles. The van der Waals surface area contributed by atoms with Crippen molar-refractivity contribution in [3.05, 3.63) is 44.5 Å². The van der Waals surface area contributed by atoms with Crippen molar-refractivity contribution >= 4 is 29.3 Å². The number of fused-ring (bicyclic) bond motifs is 1. The Morgan fingerprint density at radius 1 is 1.36 bits per heavy atom. The van der Waals surface area contributed by atoms with E-state index >= 15 is 0 Å². The molecule has 7 nitrogen and oxygen atoms in total. The van der Waals surface area contributed by atoms with E-state index in [-0.39, 0.29) is 24.2 Å². The van der Waals surface area contributed by atoms with Crippen LogP contribution in [0.25, 0.3) is 11.0 Å². The largest absolute Gasteiger partial charge is 0.345 e. The zero-order valence-electron chi connectivity index (χ0n) is 14.9. The molecule has 0 saturated carbocycles. The summed E-state index contributed by atoms with van der Waals surface area (Å²) in [5.74, 6) is -0.106. The quantitative estimate of drug-likeness (QED) is 0.689. The molecular formula is C17H25ClN4O3. The first kappa shape index (κ1) is 20.9. The number of carbonyl (C=O) groups excluding carboxylic acids is 1. The molecule has 0 radical (unpaired) electrons. The van der Waals surface area contributed by atoms with Gasteiger partial charge in [-0.1, -0.05) is 13.8 Å². The normalized spacial score (nSPS) is 13.4. The van der Waals surface area contributed by atoms with Crippen LogP contribution < -0.4 is 22.2 Å². The van der Waals surface area contributed by atoms with Gasteiger partial charge in [0.25, 0.3) is 5.91 Å². The van der Waals surface area contributed by atoms with Gasteiger partial charge in [-0.2, -0.15) is 0 Å². The first-order valence-electron chi connectivity index (χ1n) is 8.03. The van der Waals surface area contributed by atoms with E-state index in [0.29, 0.717) is 29.7 Å². The fourth-order valence-corrected chi connectivity index (χ4v) is 2.50. The second-order valence-corrected chi connectivity index (χ2v) is 6.47. The number of nitrogens with two attached hydrogens (primary N) is 1. The van der Waals surface area contributed by atoms with Gasteiger partial charge in [-0.25, -0.2) is 0 Å². The van der Waals surface area contributed by atoms with Gasteiger partial charge in [-0.05, 0) is 38.0 Å². The third kappa shape index (κ3) is 3.93. The van der Waals surface area contributed by atoms with Crippen molar-refractivity contribution in [2.45, 2.75) is 39.8 Å². The van der Waals surface area contributed by atoms with Gasteiger partial charge in [0.15, 0.2) is 0 Å². The summed E-state index contributed by atoms with van der Waals surface area (Å²) < 4.78 is 1.38. The minimum atomic E-state index is -0.698. The third-order valence-electron chi connectivity index (χ3n) is 4.65. The number of nitrogens with one attached hydrogen (secondary N) is 2. The molecule has 138 valence electrons. The van der Waals surface area contributed by atoms with Gasteiger partial charge in [0.05, 0.1) is 16.6 Å². The number of rotatable bonds is 5. The molecule has 4 N–H and O–H groups in total. The lowest BCUT2D eigenvalue weighted by Gasteiger charge is -2.33. The minimum absolute atomic E-state index is 0. The number of aryl methyl sites for hydroxylation is 1. The third-order valence-corrected chi connectivity index (χ3v) is 4.65. The smallest absolute Gasteiger partial charge is 0.316 e. The van der Waals surface area contributed by atoms with Crippen LogP contribution in [0.1, 0.15) is 38.1 Å². The van der Waals surface area contributed by atoms with Crippen molar-refractivity contribution in [1.82, 2.24) is 14.9 Å². The average Bonchev–Trinajstić information content (AvgIpc) is 2.55. The molecular weight excluding hydrogens is 344 g/mol. The average molecular weight is 369 g/mol. The Morgan fingerprint density at radius 3 is 2.52 bits per heavy atom. The summed E-state index contributed by atoms with van der Waals surface area (Å²) in [5.41, 5.74) is 5.42. The van der Waals surface area contributed by atoms with E-state index in [1.807, 2.05) is 20.8 Å². The first-order valence-corrected chi connectivity index (χ1v) is 8.03. The Hall–Kier alpha value is -2.12. The molecule has 0 spiro atoms. The number of benzene rings is 1. The molecule has 0 aliphatic rings. The predicted octanol–water partition coefficient (Wildman–Crippen LogP) is 1.23. The molecule has 2 aromatic rings. The van der Waals surface area contributed by atoms with Crippen LogP contribution in [-0.4, -0.2) is 27.5 Å². The molecule has 1 aromatic heterocycles. The first-order chi connectivity index (χ1) is 11.2. The zero-order chi connectivity index (χ0) is 18.1. The van der Waals surface area contributed by atoms with E-state index in [0.717, 1.165) is 0 Å². The highest BCUT2D eigenvalue weighted by Gasteiger charge is 2.29.